The largest absolute Gasteiger partial charge is 0.353 e. The standard InChI is InChI=1S/C28H30N2O/c1-19-12-6-8-14-21(19)18-30(27(31)28(3,4)5)26-23-16-10-11-17-24(23)29-25(26)22-15-9-7-13-20(22)2/h6-17,29H,18H2,1-5H3. The van der Waals surface area contributed by atoms with Crippen molar-refractivity contribution in [2.75, 3.05) is 4.90 Å². The molecular weight excluding hydrogens is 380 g/mol. The van der Waals surface area contributed by atoms with Crippen molar-refractivity contribution in [3.8, 4) is 11.3 Å². The van der Waals surface area contributed by atoms with Crippen LogP contribution in [0, 0.1) is 19.3 Å². The summed E-state index contributed by atoms with van der Waals surface area (Å²) >= 11 is 0. The van der Waals surface area contributed by atoms with Crippen LogP contribution in [-0.2, 0) is 11.3 Å². The van der Waals surface area contributed by atoms with Crippen molar-refractivity contribution >= 4 is 22.5 Å². The van der Waals surface area contributed by atoms with E-state index in [1.54, 1.807) is 0 Å². The predicted molar refractivity (Wildman–Crippen MR) is 130 cm³/mol. The molecule has 3 heteroatoms. The molecule has 0 saturated carbocycles. The minimum Gasteiger partial charge on any atom is -0.353 e. The number of amides is 1. The molecule has 0 fully saturated rings. The van der Waals surface area contributed by atoms with E-state index in [4.69, 9.17) is 0 Å². The lowest BCUT2D eigenvalue weighted by Crippen LogP contribution is -2.39. The Labute approximate surface area is 184 Å². The number of anilines is 1. The zero-order valence-electron chi connectivity index (χ0n) is 19.0. The SMILES string of the molecule is Cc1ccccc1CN(C(=O)C(C)(C)C)c1c(-c2ccccc2C)[nH]c2ccccc12. The van der Waals surface area contributed by atoms with Gasteiger partial charge in [-0.05, 0) is 36.6 Å². The van der Waals surface area contributed by atoms with Gasteiger partial charge in [-0.2, -0.15) is 0 Å². The quantitative estimate of drug-likeness (QED) is 0.385. The Morgan fingerprint density at radius 1 is 0.839 bits per heavy atom. The molecule has 0 radical (unpaired) electrons. The van der Waals surface area contributed by atoms with Gasteiger partial charge in [0, 0.05) is 21.9 Å². The number of rotatable bonds is 4. The second kappa shape index (κ2) is 8.07. The highest BCUT2D eigenvalue weighted by atomic mass is 16.2. The molecule has 4 aromatic rings. The van der Waals surface area contributed by atoms with E-state index >= 15 is 0 Å². The maximum atomic E-state index is 13.8. The molecule has 0 unspecified atom stereocenters. The lowest BCUT2D eigenvalue weighted by atomic mass is 9.93. The van der Waals surface area contributed by atoms with Crippen molar-refractivity contribution in [1.82, 2.24) is 4.98 Å². The summed E-state index contributed by atoms with van der Waals surface area (Å²) < 4.78 is 0. The van der Waals surface area contributed by atoms with Crippen LogP contribution in [0.25, 0.3) is 22.2 Å². The third-order valence-corrected chi connectivity index (χ3v) is 5.84. The molecule has 0 aliphatic rings. The van der Waals surface area contributed by atoms with Crippen LogP contribution in [0.15, 0.2) is 72.8 Å². The summed E-state index contributed by atoms with van der Waals surface area (Å²) in [6.07, 6.45) is 0. The van der Waals surface area contributed by atoms with Gasteiger partial charge in [-0.1, -0.05) is 87.5 Å². The molecular formula is C28H30N2O. The van der Waals surface area contributed by atoms with E-state index in [0.29, 0.717) is 6.54 Å². The van der Waals surface area contributed by atoms with Crippen LogP contribution in [0.5, 0.6) is 0 Å². The molecule has 1 amide bonds. The van der Waals surface area contributed by atoms with Crippen LogP contribution in [0.4, 0.5) is 5.69 Å². The van der Waals surface area contributed by atoms with E-state index in [9.17, 15) is 4.79 Å². The van der Waals surface area contributed by atoms with E-state index < -0.39 is 5.41 Å². The van der Waals surface area contributed by atoms with Crippen molar-refractivity contribution in [2.45, 2.75) is 41.2 Å². The van der Waals surface area contributed by atoms with Gasteiger partial charge in [0.25, 0.3) is 0 Å². The molecule has 31 heavy (non-hydrogen) atoms. The number of nitrogens with one attached hydrogen (secondary N) is 1. The fourth-order valence-corrected chi connectivity index (χ4v) is 4.07. The van der Waals surface area contributed by atoms with Gasteiger partial charge >= 0.3 is 0 Å². The molecule has 0 bridgehead atoms. The second-order valence-corrected chi connectivity index (χ2v) is 9.28. The van der Waals surface area contributed by atoms with Crippen molar-refractivity contribution in [3.05, 3.63) is 89.5 Å². The number of hydrogen-bond acceptors (Lipinski definition) is 1. The first kappa shape index (κ1) is 20.9. The third kappa shape index (κ3) is 4.00. The number of carbonyl (C=O) groups is 1. The first-order chi connectivity index (χ1) is 14.8. The summed E-state index contributed by atoms with van der Waals surface area (Å²) in [5.74, 6) is 0.107. The molecule has 0 aliphatic carbocycles. The lowest BCUT2D eigenvalue weighted by molar-refractivity contribution is -0.125. The van der Waals surface area contributed by atoms with Gasteiger partial charge in [-0.15, -0.1) is 0 Å². The van der Waals surface area contributed by atoms with Gasteiger partial charge in [0.15, 0.2) is 0 Å². The Hall–Kier alpha value is -3.33. The lowest BCUT2D eigenvalue weighted by Gasteiger charge is -2.31. The van der Waals surface area contributed by atoms with Crippen molar-refractivity contribution in [3.63, 3.8) is 0 Å². The highest BCUT2D eigenvalue weighted by molar-refractivity contribution is 6.10. The van der Waals surface area contributed by atoms with Crippen LogP contribution < -0.4 is 4.90 Å². The first-order valence-electron chi connectivity index (χ1n) is 10.8. The molecule has 1 N–H and O–H groups in total. The van der Waals surface area contributed by atoms with Crippen LogP contribution in [-0.4, -0.2) is 10.9 Å². The van der Waals surface area contributed by atoms with Crippen LogP contribution >= 0.6 is 0 Å². The Morgan fingerprint density at radius 3 is 2.13 bits per heavy atom. The van der Waals surface area contributed by atoms with Gasteiger partial charge in [0.1, 0.15) is 0 Å². The predicted octanol–water partition coefficient (Wildman–Crippen LogP) is 7.03. The van der Waals surface area contributed by atoms with Crippen molar-refractivity contribution in [2.24, 2.45) is 5.41 Å². The molecule has 1 aromatic heterocycles. The Bertz CT molecular complexity index is 1240. The molecule has 0 saturated heterocycles. The molecule has 0 spiro atoms. The molecule has 158 valence electrons. The molecule has 0 aliphatic heterocycles. The van der Waals surface area contributed by atoms with Gasteiger partial charge in [0.2, 0.25) is 5.91 Å². The van der Waals surface area contributed by atoms with Gasteiger partial charge in [0.05, 0.1) is 17.9 Å². The van der Waals surface area contributed by atoms with Crippen LogP contribution in [0.3, 0.4) is 0 Å². The summed E-state index contributed by atoms with van der Waals surface area (Å²) in [5, 5.41) is 1.06. The van der Waals surface area contributed by atoms with E-state index in [1.165, 1.54) is 11.1 Å². The maximum absolute atomic E-state index is 13.8. The normalized spacial score (nSPS) is 11.6. The van der Waals surface area contributed by atoms with E-state index in [1.807, 2.05) is 56.0 Å². The monoisotopic (exact) mass is 410 g/mol. The van der Waals surface area contributed by atoms with Crippen molar-refractivity contribution < 1.29 is 4.79 Å². The summed E-state index contributed by atoms with van der Waals surface area (Å²) in [4.78, 5) is 19.4. The number of carbonyl (C=O) groups excluding carboxylic acids is 1. The number of hydrogen-bond donors (Lipinski definition) is 1. The number of nitrogens with zero attached hydrogens (tertiary/aromatic N) is 1. The second-order valence-electron chi connectivity index (χ2n) is 9.28. The molecule has 0 atom stereocenters. The van der Waals surface area contributed by atoms with Crippen molar-refractivity contribution in [1.29, 1.82) is 0 Å². The van der Waals surface area contributed by atoms with Gasteiger partial charge in [-0.3, -0.25) is 4.79 Å². The van der Waals surface area contributed by atoms with Crippen LogP contribution in [0.1, 0.15) is 37.5 Å². The third-order valence-electron chi connectivity index (χ3n) is 5.84. The number of aromatic amines is 1. The summed E-state index contributed by atoms with van der Waals surface area (Å²) in [5.41, 5.74) is 7.10. The Balaban J connectivity index is 1.99. The topological polar surface area (TPSA) is 36.1 Å². The number of benzene rings is 3. The molecule has 3 nitrogen and oxygen atoms in total. The van der Waals surface area contributed by atoms with E-state index in [0.717, 1.165) is 33.4 Å². The minimum absolute atomic E-state index is 0.107. The van der Waals surface area contributed by atoms with Crippen LogP contribution in [0.2, 0.25) is 0 Å². The smallest absolute Gasteiger partial charge is 0.232 e. The number of H-pyrrole nitrogens is 1. The first-order valence-corrected chi connectivity index (χ1v) is 10.8. The fourth-order valence-electron chi connectivity index (χ4n) is 4.07. The highest BCUT2D eigenvalue weighted by Crippen LogP contribution is 2.41. The summed E-state index contributed by atoms with van der Waals surface area (Å²) in [6.45, 7) is 10.7. The number of fused-ring (bicyclic) bond motifs is 1. The Morgan fingerprint density at radius 2 is 1.45 bits per heavy atom. The zero-order chi connectivity index (χ0) is 22.2. The van der Waals surface area contributed by atoms with E-state index in [2.05, 4.69) is 61.3 Å². The zero-order valence-corrected chi connectivity index (χ0v) is 19.0. The molecule has 3 aromatic carbocycles. The summed E-state index contributed by atoms with van der Waals surface area (Å²) in [6, 6.07) is 24.9. The average molecular weight is 411 g/mol. The fraction of sp³-hybridized carbons (Fsp3) is 0.250. The molecule has 1 heterocycles. The maximum Gasteiger partial charge on any atom is 0.232 e. The number of aryl methyl sites for hydroxylation is 2. The Kier molecular flexibility index (Phi) is 5.45. The highest BCUT2D eigenvalue weighted by Gasteiger charge is 2.32. The average Bonchev–Trinajstić information content (AvgIpc) is 3.11. The van der Waals surface area contributed by atoms with Gasteiger partial charge < -0.3 is 9.88 Å². The number of aromatic nitrogens is 1. The van der Waals surface area contributed by atoms with E-state index in [-0.39, 0.29) is 5.91 Å². The molecule has 4 rings (SSSR count). The summed E-state index contributed by atoms with van der Waals surface area (Å²) in [7, 11) is 0. The minimum atomic E-state index is -0.510. The van der Waals surface area contributed by atoms with Gasteiger partial charge in [-0.25, -0.2) is 0 Å². The number of para-hydroxylation sites is 1.